The summed E-state index contributed by atoms with van der Waals surface area (Å²) in [5.41, 5.74) is 0.227. The minimum absolute atomic E-state index is 0.0748. The summed E-state index contributed by atoms with van der Waals surface area (Å²) in [4.78, 5) is 11.9. The van der Waals surface area contributed by atoms with Gasteiger partial charge in [0.25, 0.3) is 6.43 Å². The van der Waals surface area contributed by atoms with Crippen LogP contribution < -0.4 is 10.6 Å². The number of carbonyl (C=O) groups is 1. The zero-order valence-electron chi connectivity index (χ0n) is 13.0. The second kappa shape index (κ2) is 8.67. The highest BCUT2D eigenvalue weighted by Gasteiger charge is 2.26. The van der Waals surface area contributed by atoms with Crippen LogP contribution in [0.25, 0.3) is 0 Å². The molecule has 0 aliphatic heterocycles. The molecular weight excluding hydrogens is 294 g/mol. The number of carbonyl (C=O) groups excluding carboxylic acids is 1. The molecule has 1 aromatic rings. The number of aromatic nitrogens is 2. The summed E-state index contributed by atoms with van der Waals surface area (Å²) in [6.07, 6.45) is 2.49. The predicted molar refractivity (Wildman–Crippen MR) is 80.0 cm³/mol. The Balaban J connectivity index is 2.50. The predicted octanol–water partition coefficient (Wildman–Crippen LogP) is 2.46. The molecule has 0 radical (unpaired) electrons. The first kappa shape index (κ1) is 18.3. The van der Waals surface area contributed by atoms with Crippen molar-refractivity contribution in [1.29, 1.82) is 0 Å². The third-order valence-corrected chi connectivity index (χ3v) is 3.98. The van der Waals surface area contributed by atoms with Gasteiger partial charge in [-0.1, -0.05) is 13.8 Å². The summed E-state index contributed by atoms with van der Waals surface area (Å²) < 4.78 is 25.5. The highest BCUT2D eigenvalue weighted by molar-refractivity contribution is 5.88. The molecule has 0 fully saturated rings. The first-order chi connectivity index (χ1) is 10.4. The maximum absolute atomic E-state index is 12.2. The number of alkyl halides is 2. The molecule has 0 bridgehead atoms. The molecule has 0 unspecified atom stereocenters. The van der Waals surface area contributed by atoms with Crippen LogP contribution in [0.1, 0.15) is 33.1 Å². The lowest BCUT2D eigenvalue weighted by Crippen LogP contribution is -2.39. The number of aliphatic hydroxyl groups excluding tert-OH is 1. The average molecular weight is 318 g/mol. The monoisotopic (exact) mass is 318 g/mol. The van der Waals surface area contributed by atoms with Gasteiger partial charge in [-0.15, -0.1) is 0 Å². The van der Waals surface area contributed by atoms with Crippen LogP contribution in [0.3, 0.4) is 0 Å². The SMILES string of the molecule is CCC(CC)(CCO)CNC(=O)Nc1cnn(CC(F)F)c1. The molecule has 22 heavy (non-hydrogen) atoms. The molecule has 0 aliphatic carbocycles. The van der Waals surface area contributed by atoms with Crippen LogP contribution in [0.5, 0.6) is 0 Å². The number of hydrogen-bond donors (Lipinski definition) is 3. The number of hydrogen-bond acceptors (Lipinski definition) is 3. The van der Waals surface area contributed by atoms with E-state index in [0.717, 1.165) is 17.5 Å². The Morgan fingerprint density at radius 1 is 1.45 bits per heavy atom. The maximum Gasteiger partial charge on any atom is 0.319 e. The standard InChI is InChI=1S/C14H24F2N4O2/c1-3-14(4-2,5-6-21)10-17-13(22)19-11-7-18-20(8-11)9-12(15)16/h7-8,12,21H,3-6,9-10H2,1-2H3,(H2,17,19,22). The molecule has 2 amide bonds. The van der Waals surface area contributed by atoms with Crippen molar-refractivity contribution in [3.05, 3.63) is 12.4 Å². The van der Waals surface area contributed by atoms with Gasteiger partial charge in [0.05, 0.1) is 11.9 Å². The fraction of sp³-hybridized carbons (Fsp3) is 0.714. The van der Waals surface area contributed by atoms with E-state index >= 15 is 0 Å². The van der Waals surface area contributed by atoms with Crippen LogP contribution in [-0.4, -0.2) is 40.5 Å². The van der Waals surface area contributed by atoms with Crippen LogP contribution in [0.2, 0.25) is 0 Å². The van der Waals surface area contributed by atoms with Gasteiger partial charge in [-0.25, -0.2) is 13.6 Å². The lowest BCUT2D eigenvalue weighted by molar-refractivity contribution is 0.122. The van der Waals surface area contributed by atoms with E-state index < -0.39 is 19.0 Å². The molecule has 0 aromatic carbocycles. The summed E-state index contributed by atoms with van der Waals surface area (Å²) >= 11 is 0. The molecule has 0 saturated carbocycles. The minimum atomic E-state index is -2.49. The molecule has 1 heterocycles. The van der Waals surface area contributed by atoms with Crippen LogP contribution in [0.15, 0.2) is 12.4 Å². The van der Waals surface area contributed by atoms with E-state index in [-0.39, 0.29) is 12.0 Å². The fourth-order valence-corrected chi connectivity index (χ4v) is 2.29. The maximum atomic E-state index is 12.2. The molecule has 0 saturated heterocycles. The normalized spacial score (nSPS) is 11.7. The van der Waals surface area contributed by atoms with Crippen molar-refractivity contribution in [3.8, 4) is 0 Å². The number of aliphatic hydroxyl groups is 1. The van der Waals surface area contributed by atoms with Gasteiger partial charge in [0.15, 0.2) is 0 Å². The van der Waals surface area contributed by atoms with Gasteiger partial charge in [-0.3, -0.25) is 4.68 Å². The summed E-state index contributed by atoms with van der Waals surface area (Å²) in [7, 11) is 0. The molecule has 0 atom stereocenters. The average Bonchev–Trinajstić information content (AvgIpc) is 2.90. The quantitative estimate of drug-likeness (QED) is 0.654. The highest BCUT2D eigenvalue weighted by Crippen LogP contribution is 2.29. The number of rotatable bonds is 9. The molecule has 6 nitrogen and oxygen atoms in total. The van der Waals surface area contributed by atoms with Crippen LogP contribution in [0, 0.1) is 5.41 Å². The number of nitrogens with one attached hydrogen (secondary N) is 2. The van der Waals surface area contributed by atoms with Gasteiger partial charge in [-0.05, 0) is 24.7 Å². The van der Waals surface area contributed by atoms with E-state index in [0.29, 0.717) is 18.7 Å². The molecule has 126 valence electrons. The van der Waals surface area contributed by atoms with Gasteiger partial charge in [0.1, 0.15) is 6.54 Å². The highest BCUT2D eigenvalue weighted by atomic mass is 19.3. The van der Waals surface area contributed by atoms with Gasteiger partial charge in [-0.2, -0.15) is 5.10 Å². The Hall–Kier alpha value is -1.70. The van der Waals surface area contributed by atoms with Crippen molar-refractivity contribution in [3.63, 3.8) is 0 Å². The van der Waals surface area contributed by atoms with E-state index in [1.54, 1.807) is 0 Å². The van der Waals surface area contributed by atoms with Gasteiger partial charge < -0.3 is 15.7 Å². The third-order valence-electron chi connectivity index (χ3n) is 3.98. The van der Waals surface area contributed by atoms with E-state index in [9.17, 15) is 13.6 Å². The second-order valence-electron chi connectivity index (χ2n) is 5.33. The Labute approximate surface area is 128 Å². The Bertz CT molecular complexity index is 461. The largest absolute Gasteiger partial charge is 0.396 e. The van der Waals surface area contributed by atoms with Gasteiger partial charge in [0, 0.05) is 19.3 Å². The van der Waals surface area contributed by atoms with Crippen LogP contribution in [0.4, 0.5) is 19.3 Å². The summed E-state index contributed by atoms with van der Waals surface area (Å²) in [6.45, 7) is 4.05. The van der Waals surface area contributed by atoms with Gasteiger partial charge >= 0.3 is 6.03 Å². The lowest BCUT2D eigenvalue weighted by atomic mass is 9.79. The van der Waals surface area contributed by atoms with Crippen molar-refractivity contribution in [2.75, 3.05) is 18.5 Å². The Morgan fingerprint density at radius 3 is 2.68 bits per heavy atom. The summed E-state index contributed by atoms with van der Waals surface area (Å²) in [6, 6.07) is -0.416. The number of urea groups is 1. The first-order valence-electron chi connectivity index (χ1n) is 7.41. The van der Waals surface area contributed by atoms with E-state index in [2.05, 4.69) is 15.7 Å². The second-order valence-corrected chi connectivity index (χ2v) is 5.33. The summed E-state index contributed by atoms with van der Waals surface area (Å²) in [5.74, 6) is 0. The smallest absolute Gasteiger partial charge is 0.319 e. The van der Waals surface area contributed by atoms with E-state index in [4.69, 9.17) is 5.11 Å². The zero-order valence-corrected chi connectivity index (χ0v) is 13.0. The molecule has 1 rings (SSSR count). The molecule has 3 N–H and O–H groups in total. The molecule has 0 spiro atoms. The topological polar surface area (TPSA) is 79.2 Å². The molecule has 8 heteroatoms. The van der Waals surface area contributed by atoms with Crippen molar-refractivity contribution in [1.82, 2.24) is 15.1 Å². The molecular formula is C14H24F2N4O2. The molecule has 1 aromatic heterocycles. The van der Waals surface area contributed by atoms with E-state index in [1.165, 1.54) is 12.4 Å². The number of nitrogens with zero attached hydrogens (tertiary/aromatic N) is 2. The van der Waals surface area contributed by atoms with Crippen LogP contribution in [-0.2, 0) is 6.54 Å². The number of halogens is 2. The van der Waals surface area contributed by atoms with Crippen molar-refractivity contribution < 1.29 is 18.7 Å². The molecule has 0 aliphatic rings. The summed E-state index contributed by atoms with van der Waals surface area (Å²) in [5, 5.41) is 18.2. The zero-order chi connectivity index (χ0) is 16.6. The van der Waals surface area contributed by atoms with Gasteiger partial charge in [0.2, 0.25) is 0 Å². The van der Waals surface area contributed by atoms with Crippen LogP contribution >= 0.6 is 0 Å². The van der Waals surface area contributed by atoms with Crippen molar-refractivity contribution in [2.45, 2.75) is 46.1 Å². The lowest BCUT2D eigenvalue weighted by Gasteiger charge is -2.31. The van der Waals surface area contributed by atoms with Crippen molar-refractivity contribution >= 4 is 11.7 Å². The number of anilines is 1. The minimum Gasteiger partial charge on any atom is -0.396 e. The Kier molecular flexibility index (Phi) is 7.23. The number of amides is 2. The first-order valence-corrected chi connectivity index (χ1v) is 7.41. The third kappa shape index (κ3) is 5.59. The Morgan fingerprint density at radius 2 is 2.14 bits per heavy atom. The van der Waals surface area contributed by atoms with E-state index in [1.807, 2.05) is 13.8 Å². The van der Waals surface area contributed by atoms with Crippen molar-refractivity contribution in [2.24, 2.45) is 5.41 Å². The fourth-order valence-electron chi connectivity index (χ4n) is 2.29.